The number of aromatic nitrogens is 8. The minimum absolute atomic E-state index is 0. The summed E-state index contributed by atoms with van der Waals surface area (Å²) in [4.78, 5) is 52.2. The van der Waals surface area contributed by atoms with Crippen molar-refractivity contribution in [3.63, 3.8) is 0 Å². The van der Waals surface area contributed by atoms with E-state index in [1.54, 1.807) is 27.7 Å². The van der Waals surface area contributed by atoms with Crippen molar-refractivity contribution in [2.24, 2.45) is 11.8 Å². The van der Waals surface area contributed by atoms with Crippen LogP contribution in [0.1, 0.15) is 91.2 Å². The second kappa shape index (κ2) is 26.9. The second-order valence-corrected chi connectivity index (χ2v) is 16.2. The first-order valence-electron chi connectivity index (χ1n) is 21.7. The van der Waals surface area contributed by atoms with Gasteiger partial charge in [-0.25, -0.2) is 0 Å². The van der Waals surface area contributed by atoms with Crippen LogP contribution in [0, 0.1) is 11.8 Å². The molecule has 17 nitrogen and oxygen atoms in total. The number of H-pyrrole nitrogens is 2. The van der Waals surface area contributed by atoms with Gasteiger partial charge in [0.05, 0.1) is 24.0 Å². The van der Waals surface area contributed by atoms with Crippen molar-refractivity contribution in [2.45, 2.75) is 105 Å². The molecule has 2 atom stereocenters. The number of carboxylic acid groups (broad SMARTS) is 2. The number of carbonyl (C=O) groups excluding carboxylic acids is 4. The summed E-state index contributed by atoms with van der Waals surface area (Å²) in [5, 5.41) is 52.1. The van der Waals surface area contributed by atoms with Crippen molar-refractivity contribution in [3.8, 4) is 45.0 Å². The first-order chi connectivity index (χ1) is 30.8. The Balaban J connectivity index is 0.000000340. The number of unbranched alkanes of at least 4 members (excludes halogenated alkanes) is 2. The molecule has 18 heteroatoms. The van der Waals surface area contributed by atoms with Gasteiger partial charge in [-0.1, -0.05) is 151 Å². The fourth-order valence-electron chi connectivity index (χ4n) is 7.53. The maximum atomic E-state index is 12.8. The Labute approximate surface area is 415 Å². The topological polar surface area (TPSA) is 261 Å². The number of nitrogens with zero attached hydrogens (tertiary/aromatic N) is 8. The number of aromatic amines is 2. The first kappa shape index (κ1) is 54.5. The first-order valence-corrected chi connectivity index (χ1v) is 21.7. The Kier molecular flexibility index (Phi) is 22.2. The van der Waals surface area contributed by atoms with E-state index in [9.17, 15) is 29.4 Å². The van der Waals surface area contributed by atoms with Crippen molar-refractivity contribution >= 4 is 61.5 Å². The molecule has 6 aromatic rings. The van der Waals surface area contributed by atoms with E-state index in [1.165, 1.54) is 9.80 Å². The number of tetrazole rings is 2. The Hall–Kier alpha value is -5.88. The molecule has 4 aromatic carbocycles. The minimum Gasteiger partial charge on any atom is -0.548 e. The normalized spacial score (nSPS) is 11.6. The van der Waals surface area contributed by atoms with E-state index in [4.69, 9.17) is 0 Å². The van der Waals surface area contributed by atoms with Gasteiger partial charge in [-0.3, -0.25) is 9.59 Å². The summed E-state index contributed by atoms with van der Waals surface area (Å²) >= 11 is 0. The number of carbonyl (C=O) groups is 4. The van der Waals surface area contributed by atoms with Gasteiger partial charge in [0.15, 0.2) is 0 Å². The number of benzene rings is 4. The Bertz CT molecular complexity index is 2240. The molecule has 344 valence electrons. The van der Waals surface area contributed by atoms with E-state index in [1.807, 2.05) is 111 Å². The molecule has 4 N–H and O–H groups in total. The summed E-state index contributed by atoms with van der Waals surface area (Å²) in [6, 6.07) is 29.0. The predicted molar refractivity (Wildman–Crippen MR) is 247 cm³/mol. The summed E-state index contributed by atoms with van der Waals surface area (Å²) in [7, 11) is 0. The average Bonchev–Trinajstić information content (AvgIpc) is 4.04. The molecule has 0 radical (unpaired) electrons. The van der Waals surface area contributed by atoms with Crippen LogP contribution in [-0.2, 0) is 32.3 Å². The van der Waals surface area contributed by atoms with Gasteiger partial charge in [-0.05, 0) is 68.5 Å². The zero-order chi connectivity index (χ0) is 46.2. The third-order valence-electron chi connectivity index (χ3n) is 10.8. The van der Waals surface area contributed by atoms with Crippen LogP contribution in [0.5, 0.6) is 0 Å². The maximum Gasteiger partial charge on any atom is 2.00 e. The number of hydrogen-bond acceptors (Lipinski definition) is 12. The summed E-state index contributed by atoms with van der Waals surface area (Å²) in [6.07, 6.45) is 3.82. The Morgan fingerprint density at radius 3 is 1.15 bits per heavy atom. The van der Waals surface area contributed by atoms with Gasteiger partial charge in [0.1, 0.15) is 0 Å². The molecular formula is C48H58CaN10O7. The third-order valence-corrected chi connectivity index (χ3v) is 10.8. The zero-order valence-electron chi connectivity index (χ0n) is 38.4. The van der Waals surface area contributed by atoms with Crippen LogP contribution in [0.4, 0.5) is 0 Å². The standard InChI is InChI=1S/2C24H29N5O3.Ca.H2O/c2*1-4-5-10-21(30)29(22(16(2)3)24(31)32)15-17-11-13-18(14-12-17)19-8-6-7-9-20(19)23-25-27-28-26-23;;/h2*6-9,11-14,16,22H,4-5,10,15H2,1-3H3,(H,31,32)(H,25,26,27,28);;1H2/q;;+2;/p-2/t2*22-;;/m00../s1. The quantitative estimate of drug-likeness (QED) is 0.101. The van der Waals surface area contributed by atoms with Gasteiger partial charge in [0, 0.05) is 37.1 Å². The third kappa shape index (κ3) is 14.6. The Morgan fingerprint density at radius 1 is 0.545 bits per heavy atom. The summed E-state index contributed by atoms with van der Waals surface area (Å²) in [5.74, 6) is -2.29. The molecule has 0 saturated carbocycles. The average molecular weight is 927 g/mol. The van der Waals surface area contributed by atoms with Gasteiger partial charge < -0.3 is 35.1 Å². The summed E-state index contributed by atoms with van der Waals surface area (Å²) < 4.78 is 0. The van der Waals surface area contributed by atoms with Crippen molar-refractivity contribution in [1.29, 1.82) is 0 Å². The van der Waals surface area contributed by atoms with Crippen LogP contribution < -0.4 is 10.2 Å². The SMILES string of the molecule is CCCCC(=O)N(Cc1ccc(-c2ccccc2-c2nn[nH]n2)cc1)[C@H](C(=O)[O-])C(C)C.CCCCC(=O)N(Cc1ccc(-c2ccccc2-c2nn[nH]n2)cc1)[C@H](C(=O)[O-])C(C)C.O.[Ca+2]. The molecule has 0 aliphatic rings. The molecule has 0 aliphatic carbocycles. The van der Waals surface area contributed by atoms with E-state index < -0.39 is 24.0 Å². The van der Waals surface area contributed by atoms with Crippen LogP contribution in [0.2, 0.25) is 0 Å². The molecule has 0 saturated heterocycles. The van der Waals surface area contributed by atoms with E-state index in [0.29, 0.717) is 24.5 Å². The molecule has 2 aromatic heterocycles. The van der Waals surface area contributed by atoms with Crippen molar-refractivity contribution < 1.29 is 34.9 Å². The molecule has 0 unspecified atom stereocenters. The zero-order valence-corrected chi connectivity index (χ0v) is 40.6. The van der Waals surface area contributed by atoms with Gasteiger partial charge >= 0.3 is 37.7 Å². The summed E-state index contributed by atoms with van der Waals surface area (Å²) in [5.41, 5.74) is 7.21. The number of carboxylic acids is 2. The van der Waals surface area contributed by atoms with Crippen LogP contribution in [-0.4, -0.2) is 130 Å². The molecule has 66 heavy (non-hydrogen) atoms. The number of amides is 2. The van der Waals surface area contributed by atoms with Crippen LogP contribution in [0.15, 0.2) is 97.1 Å². The molecule has 0 aliphatic heterocycles. The largest absolute Gasteiger partial charge is 2.00 e. The number of aliphatic carboxylic acids is 2. The van der Waals surface area contributed by atoms with Gasteiger partial charge in [-0.15, -0.1) is 20.4 Å². The van der Waals surface area contributed by atoms with Crippen LogP contribution in [0.25, 0.3) is 45.0 Å². The van der Waals surface area contributed by atoms with Crippen LogP contribution >= 0.6 is 0 Å². The van der Waals surface area contributed by atoms with E-state index in [-0.39, 0.29) is 80.0 Å². The van der Waals surface area contributed by atoms with E-state index >= 15 is 0 Å². The molecule has 0 spiro atoms. The van der Waals surface area contributed by atoms with E-state index in [0.717, 1.165) is 70.2 Å². The minimum atomic E-state index is -1.23. The molecule has 6 rings (SSSR count). The Morgan fingerprint density at radius 2 is 0.879 bits per heavy atom. The van der Waals surface area contributed by atoms with Crippen molar-refractivity contribution in [2.75, 3.05) is 0 Å². The smallest absolute Gasteiger partial charge is 0.548 e. The number of hydrogen-bond donors (Lipinski definition) is 2. The monoisotopic (exact) mass is 926 g/mol. The maximum absolute atomic E-state index is 12.8. The molecule has 2 amide bonds. The molecule has 2 heterocycles. The molecular weight excluding hydrogens is 869 g/mol. The fourth-order valence-corrected chi connectivity index (χ4v) is 7.53. The number of nitrogens with one attached hydrogen (secondary N) is 2. The second-order valence-electron chi connectivity index (χ2n) is 16.2. The predicted octanol–water partition coefficient (Wildman–Crippen LogP) is 4.45. The van der Waals surface area contributed by atoms with Gasteiger partial charge in [-0.2, -0.15) is 10.4 Å². The number of rotatable bonds is 20. The summed E-state index contributed by atoms with van der Waals surface area (Å²) in [6.45, 7) is 11.6. The van der Waals surface area contributed by atoms with E-state index in [2.05, 4.69) is 41.2 Å². The van der Waals surface area contributed by atoms with Crippen molar-refractivity contribution in [1.82, 2.24) is 51.0 Å². The van der Waals surface area contributed by atoms with Crippen molar-refractivity contribution in [3.05, 3.63) is 108 Å². The molecule has 0 fully saturated rings. The molecule has 0 bridgehead atoms. The van der Waals surface area contributed by atoms with Gasteiger partial charge in [0.25, 0.3) is 0 Å². The fraction of sp³-hybridized carbons (Fsp3) is 0.375. The van der Waals surface area contributed by atoms with Gasteiger partial charge in [0.2, 0.25) is 23.5 Å². The van der Waals surface area contributed by atoms with Crippen LogP contribution in [0.3, 0.4) is 0 Å².